The maximum Gasteiger partial charge on any atom is 0.240 e. The lowest BCUT2D eigenvalue weighted by Gasteiger charge is -2.09. The van der Waals surface area contributed by atoms with Crippen LogP contribution >= 0.6 is 0 Å². The topological polar surface area (TPSA) is 85.8 Å². The van der Waals surface area contributed by atoms with E-state index < -0.39 is 0 Å². The van der Waals surface area contributed by atoms with Gasteiger partial charge in [0.2, 0.25) is 11.8 Å². The third-order valence-electron chi connectivity index (χ3n) is 4.24. The molecule has 1 N–H and O–H groups in total. The molecule has 0 fully saturated rings. The van der Waals surface area contributed by atoms with E-state index in [0.29, 0.717) is 18.9 Å². The quantitative estimate of drug-likeness (QED) is 0.628. The zero-order valence-corrected chi connectivity index (χ0v) is 15.5. The molecule has 0 bridgehead atoms. The molecule has 138 valence electrons. The molecule has 0 spiro atoms. The number of hydrogen-bond acceptors (Lipinski definition) is 5. The Kier molecular flexibility index (Phi) is 5.65. The van der Waals surface area contributed by atoms with Crippen molar-refractivity contribution in [1.29, 1.82) is 0 Å². The zero-order valence-electron chi connectivity index (χ0n) is 15.5. The SMILES string of the molecule is CCc1nc2ccccc2n1CC(=O)NCCCc1nc(C(C)C)no1. The van der Waals surface area contributed by atoms with Crippen LogP contribution in [0.2, 0.25) is 0 Å². The van der Waals surface area contributed by atoms with Crippen molar-refractivity contribution in [2.45, 2.75) is 52.5 Å². The van der Waals surface area contributed by atoms with Gasteiger partial charge in [-0.15, -0.1) is 0 Å². The van der Waals surface area contributed by atoms with E-state index in [1.54, 1.807) is 0 Å². The Morgan fingerprint density at radius 1 is 1.27 bits per heavy atom. The summed E-state index contributed by atoms with van der Waals surface area (Å²) in [7, 11) is 0. The van der Waals surface area contributed by atoms with E-state index in [9.17, 15) is 4.79 Å². The minimum atomic E-state index is -0.0174. The molecule has 2 aromatic heterocycles. The van der Waals surface area contributed by atoms with Gasteiger partial charge in [-0.1, -0.05) is 38.1 Å². The second-order valence-electron chi connectivity index (χ2n) is 6.61. The molecule has 0 aliphatic carbocycles. The lowest BCUT2D eigenvalue weighted by molar-refractivity contribution is -0.121. The molecule has 3 rings (SSSR count). The van der Waals surface area contributed by atoms with Crippen LogP contribution in [0.4, 0.5) is 0 Å². The summed E-state index contributed by atoms with van der Waals surface area (Å²) in [5, 5.41) is 6.90. The van der Waals surface area contributed by atoms with Gasteiger partial charge < -0.3 is 14.4 Å². The number of nitrogens with one attached hydrogen (secondary N) is 1. The van der Waals surface area contributed by atoms with E-state index >= 15 is 0 Å². The predicted molar refractivity (Wildman–Crippen MR) is 98.8 cm³/mol. The van der Waals surface area contributed by atoms with Gasteiger partial charge in [0.15, 0.2) is 5.82 Å². The number of imidazole rings is 1. The lowest BCUT2D eigenvalue weighted by atomic mass is 10.2. The number of carbonyl (C=O) groups is 1. The molecule has 1 amide bonds. The summed E-state index contributed by atoms with van der Waals surface area (Å²) < 4.78 is 7.19. The first kappa shape index (κ1) is 18.1. The van der Waals surface area contributed by atoms with Crippen molar-refractivity contribution in [2.75, 3.05) is 6.54 Å². The van der Waals surface area contributed by atoms with Gasteiger partial charge in [0, 0.05) is 25.3 Å². The maximum atomic E-state index is 12.3. The van der Waals surface area contributed by atoms with E-state index in [0.717, 1.165) is 35.5 Å². The first-order valence-corrected chi connectivity index (χ1v) is 9.11. The molecule has 3 aromatic rings. The molecule has 0 atom stereocenters. The van der Waals surface area contributed by atoms with Gasteiger partial charge in [-0.25, -0.2) is 4.98 Å². The summed E-state index contributed by atoms with van der Waals surface area (Å²) >= 11 is 0. The average Bonchev–Trinajstić information content (AvgIpc) is 3.24. The molecular formula is C19H25N5O2. The summed E-state index contributed by atoms with van der Waals surface area (Å²) in [6.45, 7) is 6.96. The van der Waals surface area contributed by atoms with Crippen LogP contribution in [0.3, 0.4) is 0 Å². The monoisotopic (exact) mass is 355 g/mol. The number of benzene rings is 1. The van der Waals surface area contributed by atoms with Crippen LogP contribution in [0.15, 0.2) is 28.8 Å². The van der Waals surface area contributed by atoms with Gasteiger partial charge in [0.25, 0.3) is 0 Å². The molecule has 26 heavy (non-hydrogen) atoms. The number of carbonyl (C=O) groups excluding carboxylic acids is 1. The number of hydrogen-bond donors (Lipinski definition) is 1. The van der Waals surface area contributed by atoms with Crippen molar-refractivity contribution >= 4 is 16.9 Å². The number of rotatable bonds is 8. The number of aromatic nitrogens is 4. The molecule has 0 aliphatic rings. The third kappa shape index (κ3) is 4.09. The summed E-state index contributed by atoms with van der Waals surface area (Å²) in [5.74, 6) is 2.51. The second kappa shape index (κ2) is 8.12. The Morgan fingerprint density at radius 3 is 2.81 bits per heavy atom. The fourth-order valence-corrected chi connectivity index (χ4v) is 2.84. The largest absolute Gasteiger partial charge is 0.355 e. The van der Waals surface area contributed by atoms with E-state index in [2.05, 4.69) is 20.4 Å². The maximum absolute atomic E-state index is 12.3. The van der Waals surface area contributed by atoms with Crippen molar-refractivity contribution < 1.29 is 9.32 Å². The van der Waals surface area contributed by atoms with Crippen molar-refractivity contribution in [3.8, 4) is 0 Å². The number of para-hydroxylation sites is 2. The molecule has 0 unspecified atom stereocenters. The summed E-state index contributed by atoms with van der Waals surface area (Å²) in [6.07, 6.45) is 2.21. The number of nitrogens with zero attached hydrogens (tertiary/aromatic N) is 4. The molecule has 1 aromatic carbocycles. The van der Waals surface area contributed by atoms with Crippen molar-refractivity contribution in [3.63, 3.8) is 0 Å². The highest BCUT2D eigenvalue weighted by Gasteiger charge is 2.13. The highest BCUT2D eigenvalue weighted by molar-refractivity contribution is 5.81. The highest BCUT2D eigenvalue weighted by Crippen LogP contribution is 2.16. The van der Waals surface area contributed by atoms with Gasteiger partial charge in [-0.3, -0.25) is 4.79 Å². The van der Waals surface area contributed by atoms with Crippen molar-refractivity contribution in [3.05, 3.63) is 41.8 Å². The molecule has 0 saturated carbocycles. The highest BCUT2D eigenvalue weighted by atomic mass is 16.5. The van der Waals surface area contributed by atoms with E-state index in [1.807, 2.05) is 49.6 Å². The average molecular weight is 355 g/mol. The van der Waals surface area contributed by atoms with Crippen LogP contribution in [-0.4, -0.2) is 32.1 Å². The van der Waals surface area contributed by atoms with Gasteiger partial charge >= 0.3 is 0 Å². The standard InChI is InChI=1S/C19H25N5O2/c1-4-16-21-14-8-5-6-9-15(14)24(16)12-17(25)20-11-7-10-18-22-19(13(2)3)23-26-18/h5-6,8-9,13H,4,7,10-12H2,1-3H3,(H,20,25). The molecule has 7 nitrogen and oxygen atoms in total. The van der Waals surface area contributed by atoms with Crippen LogP contribution < -0.4 is 5.32 Å². The Bertz CT molecular complexity index is 881. The summed E-state index contributed by atoms with van der Waals surface area (Å²) in [6, 6.07) is 7.89. The van der Waals surface area contributed by atoms with Crippen LogP contribution in [0, 0.1) is 0 Å². The minimum absolute atomic E-state index is 0.0174. The molecule has 0 radical (unpaired) electrons. The Morgan fingerprint density at radius 2 is 2.08 bits per heavy atom. The van der Waals surface area contributed by atoms with E-state index in [-0.39, 0.29) is 18.4 Å². The second-order valence-corrected chi connectivity index (χ2v) is 6.61. The number of fused-ring (bicyclic) bond motifs is 1. The van der Waals surface area contributed by atoms with E-state index in [1.165, 1.54) is 0 Å². The van der Waals surface area contributed by atoms with Gasteiger partial charge in [-0.05, 0) is 18.6 Å². The Balaban J connectivity index is 1.51. The fraction of sp³-hybridized carbons (Fsp3) is 0.474. The molecular weight excluding hydrogens is 330 g/mol. The minimum Gasteiger partial charge on any atom is -0.355 e. The van der Waals surface area contributed by atoms with Crippen LogP contribution in [0.25, 0.3) is 11.0 Å². The first-order valence-electron chi connectivity index (χ1n) is 9.11. The number of aryl methyl sites for hydroxylation is 2. The van der Waals surface area contributed by atoms with E-state index in [4.69, 9.17) is 4.52 Å². The normalized spacial score (nSPS) is 11.4. The fourth-order valence-electron chi connectivity index (χ4n) is 2.84. The Labute approximate surface area is 152 Å². The van der Waals surface area contributed by atoms with Crippen LogP contribution in [0.1, 0.15) is 50.6 Å². The molecule has 0 saturated heterocycles. The number of amides is 1. The molecule has 0 aliphatic heterocycles. The van der Waals surface area contributed by atoms with Crippen LogP contribution in [0.5, 0.6) is 0 Å². The smallest absolute Gasteiger partial charge is 0.240 e. The van der Waals surface area contributed by atoms with Crippen molar-refractivity contribution in [2.24, 2.45) is 0 Å². The lowest BCUT2D eigenvalue weighted by Crippen LogP contribution is -2.29. The molecule has 7 heteroatoms. The van der Waals surface area contributed by atoms with Gasteiger partial charge in [-0.2, -0.15) is 4.98 Å². The Hall–Kier alpha value is -2.70. The third-order valence-corrected chi connectivity index (χ3v) is 4.24. The summed E-state index contributed by atoms with van der Waals surface area (Å²) in [5.41, 5.74) is 1.92. The van der Waals surface area contributed by atoms with Gasteiger partial charge in [0.05, 0.1) is 11.0 Å². The predicted octanol–water partition coefficient (Wildman–Crippen LogP) is 2.85. The van der Waals surface area contributed by atoms with Crippen LogP contribution in [-0.2, 0) is 24.2 Å². The van der Waals surface area contributed by atoms with Gasteiger partial charge in [0.1, 0.15) is 12.4 Å². The first-order chi connectivity index (χ1) is 12.6. The zero-order chi connectivity index (χ0) is 18.5. The summed E-state index contributed by atoms with van der Waals surface area (Å²) in [4.78, 5) is 21.2. The molecule has 2 heterocycles. The van der Waals surface area contributed by atoms with Crippen molar-refractivity contribution in [1.82, 2.24) is 25.0 Å².